The van der Waals surface area contributed by atoms with E-state index in [0.717, 1.165) is 0 Å². The summed E-state index contributed by atoms with van der Waals surface area (Å²) in [7, 11) is 0. The summed E-state index contributed by atoms with van der Waals surface area (Å²) < 4.78 is 1.29. The highest BCUT2D eigenvalue weighted by atomic mass is 16.1. The van der Waals surface area contributed by atoms with Crippen LogP contribution in [0.2, 0.25) is 0 Å². The van der Waals surface area contributed by atoms with Crippen molar-refractivity contribution in [3.05, 3.63) is 47.5 Å². The van der Waals surface area contributed by atoms with Gasteiger partial charge in [-0.25, -0.2) is 4.98 Å². The van der Waals surface area contributed by atoms with E-state index in [2.05, 4.69) is 10.3 Å². The van der Waals surface area contributed by atoms with Crippen molar-refractivity contribution in [1.29, 1.82) is 15.8 Å². The predicted octanol–water partition coefficient (Wildman–Crippen LogP) is 1.14. The molecule has 0 fully saturated rings. The number of aromatic nitrogens is 2. The number of imidazole rings is 1. The number of nitrogens with one attached hydrogen (secondary N) is 1. The monoisotopic (exact) mass is 276 g/mol. The van der Waals surface area contributed by atoms with E-state index in [9.17, 15) is 4.79 Å². The fraction of sp³-hybridized carbons (Fsp3) is 0.0714. The second kappa shape index (κ2) is 6.01. The molecule has 1 aromatic heterocycles. The molecule has 0 spiro atoms. The van der Waals surface area contributed by atoms with Crippen LogP contribution in [0.4, 0.5) is 5.69 Å². The minimum Gasteiger partial charge on any atom is -0.324 e. The number of carbonyl (C=O) groups is 1. The third-order valence-corrected chi connectivity index (χ3v) is 2.64. The van der Waals surface area contributed by atoms with Crippen molar-refractivity contribution in [1.82, 2.24) is 9.55 Å². The van der Waals surface area contributed by atoms with Crippen LogP contribution in [0.1, 0.15) is 17.0 Å². The molecule has 0 atom stereocenters. The van der Waals surface area contributed by atoms with Crippen LogP contribution < -0.4 is 5.32 Å². The van der Waals surface area contributed by atoms with Crippen LogP contribution in [-0.2, 0) is 11.3 Å². The third-order valence-electron chi connectivity index (χ3n) is 2.64. The van der Waals surface area contributed by atoms with Gasteiger partial charge in [0.15, 0.2) is 11.4 Å². The number of anilines is 1. The van der Waals surface area contributed by atoms with Crippen LogP contribution >= 0.6 is 0 Å². The van der Waals surface area contributed by atoms with Gasteiger partial charge in [-0.3, -0.25) is 4.79 Å². The SMILES string of the molecule is N#Cc1cccc(NC(=O)Cn2cnc(C#N)c2C#N)c1. The van der Waals surface area contributed by atoms with Gasteiger partial charge in [-0.1, -0.05) is 6.07 Å². The van der Waals surface area contributed by atoms with Gasteiger partial charge >= 0.3 is 0 Å². The van der Waals surface area contributed by atoms with Crippen molar-refractivity contribution >= 4 is 11.6 Å². The van der Waals surface area contributed by atoms with Crippen molar-refractivity contribution in [2.75, 3.05) is 5.32 Å². The lowest BCUT2D eigenvalue weighted by Gasteiger charge is -2.06. The summed E-state index contributed by atoms with van der Waals surface area (Å²) in [4.78, 5) is 15.7. The predicted molar refractivity (Wildman–Crippen MR) is 71.4 cm³/mol. The van der Waals surface area contributed by atoms with Crippen molar-refractivity contribution in [3.63, 3.8) is 0 Å². The number of nitriles is 3. The van der Waals surface area contributed by atoms with Crippen molar-refractivity contribution < 1.29 is 4.79 Å². The molecule has 0 bridgehead atoms. The standard InChI is InChI=1S/C14H8N6O/c15-5-10-2-1-3-11(4-10)19-14(21)8-20-9-18-12(6-16)13(20)7-17/h1-4,9H,8H2,(H,19,21). The molecular formula is C14H8N6O. The molecule has 0 unspecified atom stereocenters. The molecule has 7 heteroatoms. The normalized spacial score (nSPS) is 9.19. The van der Waals surface area contributed by atoms with Crippen molar-refractivity contribution in [2.45, 2.75) is 6.54 Å². The highest BCUT2D eigenvalue weighted by molar-refractivity contribution is 5.90. The summed E-state index contributed by atoms with van der Waals surface area (Å²) in [5, 5.41) is 29.1. The Hall–Kier alpha value is -3.63. The van der Waals surface area contributed by atoms with E-state index in [0.29, 0.717) is 11.3 Å². The lowest BCUT2D eigenvalue weighted by Crippen LogP contribution is -2.19. The molecule has 1 aromatic carbocycles. The highest BCUT2D eigenvalue weighted by Crippen LogP contribution is 2.10. The Kier molecular flexibility index (Phi) is 3.95. The first-order chi connectivity index (χ1) is 10.2. The number of nitrogens with zero attached hydrogens (tertiary/aromatic N) is 5. The smallest absolute Gasteiger partial charge is 0.244 e. The van der Waals surface area contributed by atoms with E-state index in [1.165, 1.54) is 17.0 Å². The average molecular weight is 276 g/mol. The van der Waals surface area contributed by atoms with E-state index < -0.39 is 0 Å². The van der Waals surface area contributed by atoms with E-state index in [1.807, 2.05) is 12.1 Å². The van der Waals surface area contributed by atoms with E-state index in [-0.39, 0.29) is 23.8 Å². The molecule has 2 aromatic rings. The number of rotatable bonds is 3. The molecule has 0 saturated heterocycles. The van der Waals surface area contributed by atoms with E-state index in [4.69, 9.17) is 15.8 Å². The van der Waals surface area contributed by atoms with Gasteiger partial charge in [0.1, 0.15) is 18.7 Å². The van der Waals surface area contributed by atoms with Gasteiger partial charge in [0.2, 0.25) is 5.91 Å². The molecule has 0 aliphatic heterocycles. The lowest BCUT2D eigenvalue weighted by atomic mass is 10.2. The molecular weight excluding hydrogens is 268 g/mol. The Labute approximate surface area is 120 Å². The van der Waals surface area contributed by atoms with Gasteiger partial charge in [-0.15, -0.1) is 0 Å². The quantitative estimate of drug-likeness (QED) is 0.901. The maximum Gasteiger partial charge on any atom is 0.244 e. The van der Waals surface area contributed by atoms with Gasteiger partial charge in [-0.2, -0.15) is 15.8 Å². The Morgan fingerprint density at radius 3 is 2.71 bits per heavy atom. The van der Waals surface area contributed by atoms with Crippen LogP contribution in [0.25, 0.3) is 0 Å². The molecule has 1 heterocycles. The lowest BCUT2D eigenvalue weighted by molar-refractivity contribution is -0.116. The Morgan fingerprint density at radius 2 is 2.05 bits per heavy atom. The summed E-state index contributed by atoms with van der Waals surface area (Å²) in [6.45, 7) is -0.144. The largest absolute Gasteiger partial charge is 0.324 e. The molecule has 21 heavy (non-hydrogen) atoms. The van der Waals surface area contributed by atoms with E-state index >= 15 is 0 Å². The zero-order chi connectivity index (χ0) is 15.2. The summed E-state index contributed by atoms with van der Waals surface area (Å²) in [6, 6.07) is 12.1. The summed E-state index contributed by atoms with van der Waals surface area (Å²) >= 11 is 0. The van der Waals surface area contributed by atoms with Gasteiger partial charge in [-0.05, 0) is 18.2 Å². The summed E-state index contributed by atoms with van der Waals surface area (Å²) in [5.41, 5.74) is 0.938. The Bertz CT molecular complexity index is 815. The first kappa shape index (κ1) is 13.8. The second-order valence-electron chi connectivity index (χ2n) is 4.03. The van der Waals surface area contributed by atoms with Gasteiger partial charge in [0.05, 0.1) is 18.0 Å². The van der Waals surface area contributed by atoms with Crippen LogP contribution in [0.3, 0.4) is 0 Å². The minimum absolute atomic E-state index is 0.0169. The Balaban J connectivity index is 2.13. The van der Waals surface area contributed by atoms with Crippen LogP contribution in [0, 0.1) is 34.0 Å². The molecule has 0 aliphatic carbocycles. The number of hydrogen-bond acceptors (Lipinski definition) is 5. The number of hydrogen-bond donors (Lipinski definition) is 1. The topological polar surface area (TPSA) is 118 Å². The zero-order valence-corrected chi connectivity index (χ0v) is 10.7. The minimum atomic E-state index is -0.386. The molecule has 1 N–H and O–H groups in total. The molecule has 7 nitrogen and oxygen atoms in total. The molecule has 0 radical (unpaired) electrons. The maximum absolute atomic E-state index is 11.9. The molecule has 100 valence electrons. The number of amides is 1. The summed E-state index contributed by atoms with van der Waals surface area (Å²) in [5.74, 6) is -0.386. The van der Waals surface area contributed by atoms with Crippen molar-refractivity contribution in [3.8, 4) is 18.2 Å². The molecule has 0 saturated carbocycles. The van der Waals surface area contributed by atoms with Gasteiger partial charge in [0, 0.05) is 5.69 Å². The first-order valence-corrected chi connectivity index (χ1v) is 5.83. The molecule has 2 rings (SSSR count). The van der Waals surface area contributed by atoms with Crippen molar-refractivity contribution in [2.24, 2.45) is 0 Å². The Morgan fingerprint density at radius 1 is 1.24 bits per heavy atom. The van der Waals surface area contributed by atoms with Crippen LogP contribution in [-0.4, -0.2) is 15.5 Å². The fourth-order valence-electron chi connectivity index (χ4n) is 1.72. The fourth-order valence-corrected chi connectivity index (χ4v) is 1.72. The average Bonchev–Trinajstić information content (AvgIpc) is 2.88. The van der Waals surface area contributed by atoms with Crippen LogP contribution in [0.15, 0.2) is 30.6 Å². The molecule has 0 aliphatic rings. The summed E-state index contributed by atoms with van der Waals surface area (Å²) in [6.07, 6.45) is 1.27. The maximum atomic E-state index is 11.9. The van der Waals surface area contributed by atoms with E-state index in [1.54, 1.807) is 24.3 Å². The number of benzene rings is 1. The first-order valence-electron chi connectivity index (χ1n) is 5.83. The van der Waals surface area contributed by atoms with Gasteiger partial charge in [0.25, 0.3) is 0 Å². The molecule has 1 amide bonds. The highest BCUT2D eigenvalue weighted by Gasteiger charge is 2.12. The third kappa shape index (κ3) is 3.04. The van der Waals surface area contributed by atoms with Crippen LogP contribution in [0.5, 0.6) is 0 Å². The zero-order valence-electron chi connectivity index (χ0n) is 10.7. The second-order valence-corrected chi connectivity index (χ2v) is 4.03. The van der Waals surface area contributed by atoms with Gasteiger partial charge < -0.3 is 9.88 Å². The number of carbonyl (C=O) groups excluding carboxylic acids is 1.